The molecule has 0 N–H and O–H groups in total. The van der Waals surface area contributed by atoms with Gasteiger partial charge in [0.1, 0.15) is 5.58 Å². The van der Waals surface area contributed by atoms with Gasteiger partial charge in [-0.05, 0) is 69.1 Å². The summed E-state index contributed by atoms with van der Waals surface area (Å²) in [4.78, 5) is 9.51. The van der Waals surface area contributed by atoms with E-state index < -0.39 is 8.07 Å². The molecule has 7 heteroatoms. The van der Waals surface area contributed by atoms with E-state index in [-0.39, 0.29) is 42.0 Å². The molecule has 0 saturated heterocycles. The van der Waals surface area contributed by atoms with E-state index in [9.17, 15) is 5.26 Å². The average molecular weight is 971 g/mol. The van der Waals surface area contributed by atoms with Crippen LogP contribution in [0.2, 0.25) is 16.6 Å². The summed E-state index contributed by atoms with van der Waals surface area (Å²) in [5.41, 5.74) is 10.7. The Morgan fingerprint density at radius 2 is 1.41 bits per heavy atom. The molecule has 0 aliphatic rings. The van der Waals surface area contributed by atoms with Gasteiger partial charge in [0.2, 0.25) is 0 Å². The van der Waals surface area contributed by atoms with Crippen LogP contribution in [0.4, 0.5) is 0 Å². The summed E-state index contributed by atoms with van der Waals surface area (Å²) in [5, 5.41) is 13.4. The molecule has 5 nitrogen and oxygen atoms in total. The molecule has 0 aliphatic carbocycles. The van der Waals surface area contributed by atoms with Crippen LogP contribution < -0.4 is 5.19 Å². The zero-order valence-electron chi connectivity index (χ0n) is 36.2. The fraction of sp³-hybridized carbons (Fsp3) is 0.288. The Labute approximate surface area is 364 Å². The molecule has 0 spiro atoms. The quantitative estimate of drug-likeness (QED) is 0.123. The van der Waals surface area contributed by atoms with E-state index >= 15 is 0 Å². The Balaban J connectivity index is 0.000000384. The average Bonchev–Trinajstić information content (AvgIpc) is 3.78. The number of furan rings is 1. The summed E-state index contributed by atoms with van der Waals surface area (Å²) in [7, 11) is -2.05. The van der Waals surface area contributed by atoms with Crippen LogP contribution in [-0.4, -0.2) is 22.6 Å². The van der Waals surface area contributed by atoms with Gasteiger partial charge < -0.3 is 14.0 Å². The summed E-state index contributed by atoms with van der Waals surface area (Å²) in [6, 6.07) is 45.7. The van der Waals surface area contributed by atoms with E-state index in [1.54, 1.807) is 6.20 Å². The number of pyridine rings is 1. The third kappa shape index (κ3) is 7.99. The van der Waals surface area contributed by atoms with Crippen LogP contribution in [0.3, 0.4) is 0 Å². The number of nitriles is 1. The smallest absolute Gasteiger partial charge is 0.122 e. The van der Waals surface area contributed by atoms with Crippen molar-refractivity contribution in [3.8, 4) is 34.4 Å². The Bertz CT molecular complexity index is 2700. The van der Waals surface area contributed by atoms with Crippen molar-refractivity contribution in [1.29, 1.82) is 5.26 Å². The molecule has 0 unspecified atom stereocenters. The van der Waals surface area contributed by atoms with E-state index in [1.165, 1.54) is 22.0 Å². The number of fused-ring (bicyclic) bond motifs is 4. The summed E-state index contributed by atoms with van der Waals surface area (Å²) in [6.45, 7) is 26.5. The summed E-state index contributed by atoms with van der Waals surface area (Å²) in [5.74, 6) is 1.39. The van der Waals surface area contributed by atoms with Gasteiger partial charge in [0, 0.05) is 37.4 Å². The van der Waals surface area contributed by atoms with Crippen molar-refractivity contribution in [3.63, 3.8) is 0 Å². The third-order valence-corrected chi connectivity index (χ3v) is 19.7. The first-order chi connectivity index (χ1) is 27.5. The van der Waals surface area contributed by atoms with Gasteiger partial charge in [0.15, 0.2) is 0 Å². The van der Waals surface area contributed by atoms with Crippen LogP contribution in [-0.2, 0) is 20.1 Å². The minimum absolute atomic E-state index is 0. The zero-order valence-corrected chi connectivity index (χ0v) is 39.5. The molecule has 0 amide bonds. The molecule has 0 bridgehead atoms. The van der Waals surface area contributed by atoms with Gasteiger partial charge in [-0.15, -0.1) is 54.1 Å². The van der Waals surface area contributed by atoms with Crippen LogP contribution >= 0.6 is 0 Å². The van der Waals surface area contributed by atoms with Crippen molar-refractivity contribution in [2.45, 2.75) is 97.7 Å². The fourth-order valence-electron chi connectivity index (χ4n) is 8.57. The standard InChI is InChI=1S/C41H46N3OSi.C11H8N.Ir/c1-25(2)32-22-28(46(11,40(5,6)7)41(8,9)10)23-33(26(3)4)37(32)44-35-18-13-12-17-34(35)43-39(44)31-16-14-15-30-29-20-19-27(24-42)21-36(29)45-38(30)31;1-2-6-10(7-3-1)11-8-4-5-9-12-11;/h12-15,17-23,25-26H,1-11H3;1-6,8-9H;/q2*-1;. The van der Waals surface area contributed by atoms with Crippen LogP contribution in [0.25, 0.3) is 61.3 Å². The molecule has 303 valence electrons. The van der Waals surface area contributed by atoms with E-state index in [2.05, 4.69) is 140 Å². The van der Waals surface area contributed by atoms with Gasteiger partial charge in [0.25, 0.3) is 0 Å². The van der Waals surface area contributed by atoms with Gasteiger partial charge in [-0.2, -0.15) is 5.26 Å². The second-order valence-electron chi connectivity index (χ2n) is 18.2. The first-order valence-electron chi connectivity index (χ1n) is 20.4. The minimum atomic E-state index is -2.05. The maximum absolute atomic E-state index is 9.54. The molecule has 0 saturated carbocycles. The molecule has 8 rings (SSSR count). The number of rotatable bonds is 6. The molecule has 3 heterocycles. The van der Waals surface area contributed by atoms with E-state index in [4.69, 9.17) is 9.40 Å². The van der Waals surface area contributed by atoms with Crippen molar-refractivity contribution < 1.29 is 24.5 Å². The predicted octanol–water partition coefficient (Wildman–Crippen LogP) is 13.9. The number of hydrogen-bond donors (Lipinski definition) is 0. The van der Waals surface area contributed by atoms with Crippen LogP contribution in [0.1, 0.15) is 97.8 Å². The molecule has 3 aromatic heterocycles. The number of aromatic nitrogens is 3. The largest absolute Gasteiger partial charge is 0.500 e. The Morgan fingerprint density at radius 1 is 0.746 bits per heavy atom. The van der Waals surface area contributed by atoms with E-state index in [0.29, 0.717) is 11.1 Å². The molecular formula is C52H54IrN4OSi-2. The molecule has 0 fully saturated rings. The second-order valence-corrected chi connectivity index (χ2v) is 24.0. The molecular weight excluding hydrogens is 917 g/mol. The van der Waals surface area contributed by atoms with Gasteiger partial charge in [-0.1, -0.05) is 134 Å². The van der Waals surface area contributed by atoms with E-state index in [0.717, 1.165) is 50.0 Å². The molecule has 1 radical (unpaired) electrons. The Morgan fingerprint density at radius 3 is 2.00 bits per heavy atom. The van der Waals surface area contributed by atoms with Gasteiger partial charge in [0.05, 0.1) is 42.1 Å². The number of benzene rings is 5. The fourth-order valence-corrected chi connectivity index (χ4v) is 13.4. The molecule has 0 aliphatic heterocycles. The Hall–Kier alpha value is -5.12. The first-order valence-corrected chi connectivity index (χ1v) is 22.9. The number of hydrogen-bond acceptors (Lipinski definition) is 4. The number of imidazole rings is 1. The van der Waals surface area contributed by atoms with Crippen LogP contribution in [0, 0.1) is 23.5 Å². The Kier molecular flexibility index (Phi) is 12.4. The SMILES string of the molecule is CC(C)c1cc([Si](C)(C(C)(C)C)C(C)(C)C)cc(C(C)C)c1-n1c(-c2[c-]ccc3c2oc2cc(C#N)ccc23)nc2ccccc21.[Ir].[c-]1ccccc1-c1ccccn1. The first kappa shape index (κ1) is 43.5. The van der Waals surface area contributed by atoms with Crippen LogP contribution in [0.15, 0.2) is 120 Å². The monoisotopic (exact) mass is 971 g/mol. The summed E-state index contributed by atoms with van der Waals surface area (Å²) < 4.78 is 8.90. The van der Waals surface area contributed by atoms with Crippen molar-refractivity contribution in [2.75, 3.05) is 0 Å². The van der Waals surface area contributed by atoms with Gasteiger partial charge in [-0.25, -0.2) is 0 Å². The molecule has 59 heavy (non-hydrogen) atoms. The second kappa shape index (κ2) is 16.9. The minimum Gasteiger partial charge on any atom is -0.500 e. The topological polar surface area (TPSA) is 67.6 Å². The van der Waals surface area contributed by atoms with Gasteiger partial charge in [-0.3, -0.25) is 4.98 Å². The van der Waals surface area contributed by atoms with Crippen molar-refractivity contribution >= 4 is 46.2 Å². The van der Waals surface area contributed by atoms with Crippen molar-refractivity contribution in [3.05, 3.63) is 144 Å². The molecule has 0 atom stereocenters. The number of para-hydroxylation sites is 2. The van der Waals surface area contributed by atoms with Gasteiger partial charge >= 0.3 is 0 Å². The molecule has 5 aromatic carbocycles. The normalized spacial score (nSPS) is 12.1. The molecule has 8 aromatic rings. The predicted molar refractivity (Wildman–Crippen MR) is 245 cm³/mol. The van der Waals surface area contributed by atoms with E-state index in [1.807, 2.05) is 72.8 Å². The summed E-state index contributed by atoms with van der Waals surface area (Å²) in [6.07, 6.45) is 1.79. The maximum Gasteiger partial charge on any atom is 0.122 e. The van der Waals surface area contributed by atoms with Crippen molar-refractivity contribution in [1.82, 2.24) is 14.5 Å². The van der Waals surface area contributed by atoms with Crippen molar-refractivity contribution in [2.24, 2.45) is 0 Å². The maximum atomic E-state index is 9.54. The third-order valence-electron chi connectivity index (χ3n) is 12.2. The number of nitrogens with zero attached hydrogens (tertiary/aromatic N) is 4. The summed E-state index contributed by atoms with van der Waals surface area (Å²) >= 11 is 0. The van der Waals surface area contributed by atoms with Crippen LogP contribution in [0.5, 0.6) is 0 Å². The zero-order chi connectivity index (χ0) is 41.6.